The molecule has 0 unspecified atom stereocenters. The average molecular weight is 290 g/mol. The third-order valence-electron chi connectivity index (χ3n) is 2.86. The van der Waals surface area contributed by atoms with Gasteiger partial charge in [-0.05, 0) is 36.8 Å². The zero-order valence-electron chi connectivity index (χ0n) is 11.0. The number of carbonyl (C=O) groups excluding carboxylic acids is 1. The second kappa shape index (κ2) is 5.58. The maximum absolute atomic E-state index is 13.4. The van der Waals surface area contributed by atoms with Gasteiger partial charge in [0.2, 0.25) is 0 Å². The molecular formula is C14H11FN2O4. The second-order valence-electron chi connectivity index (χ2n) is 4.38. The number of nitrogens with zero attached hydrogens (tertiary/aromatic N) is 1. The lowest BCUT2D eigenvalue weighted by Gasteiger charge is -2.07. The first-order chi connectivity index (χ1) is 9.88. The molecule has 0 radical (unpaired) electrons. The van der Waals surface area contributed by atoms with E-state index in [1.165, 1.54) is 24.3 Å². The van der Waals surface area contributed by atoms with E-state index in [1.54, 1.807) is 6.92 Å². The molecule has 1 amide bonds. The lowest BCUT2D eigenvalue weighted by molar-refractivity contribution is -0.385. The molecule has 7 heteroatoms. The fourth-order valence-electron chi connectivity index (χ4n) is 1.69. The molecule has 6 nitrogen and oxygen atoms in total. The summed E-state index contributed by atoms with van der Waals surface area (Å²) < 4.78 is 13.4. The van der Waals surface area contributed by atoms with Crippen LogP contribution in [0.5, 0.6) is 5.75 Å². The van der Waals surface area contributed by atoms with Crippen molar-refractivity contribution in [2.75, 3.05) is 5.32 Å². The van der Waals surface area contributed by atoms with Crippen LogP contribution in [0.3, 0.4) is 0 Å². The number of nitro benzene ring substituents is 1. The molecule has 0 aliphatic rings. The number of aromatic hydroxyl groups is 1. The van der Waals surface area contributed by atoms with Crippen molar-refractivity contribution in [2.45, 2.75) is 6.92 Å². The molecule has 0 heterocycles. The molecule has 0 fully saturated rings. The number of rotatable bonds is 3. The minimum atomic E-state index is -0.758. The molecule has 0 aromatic heterocycles. The van der Waals surface area contributed by atoms with Gasteiger partial charge in [0.15, 0.2) is 5.75 Å². The number of amides is 1. The maximum Gasteiger partial charge on any atom is 0.310 e. The number of phenols is 1. The Morgan fingerprint density at radius 3 is 2.57 bits per heavy atom. The summed E-state index contributed by atoms with van der Waals surface area (Å²) in [7, 11) is 0. The number of nitro groups is 1. The summed E-state index contributed by atoms with van der Waals surface area (Å²) in [6.07, 6.45) is 0. The number of aryl methyl sites for hydroxylation is 1. The number of nitrogens with one attached hydrogen (secondary N) is 1. The number of hydrogen-bond acceptors (Lipinski definition) is 4. The summed E-state index contributed by atoms with van der Waals surface area (Å²) in [6, 6.07) is 7.42. The van der Waals surface area contributed by atoms with E-state index in [1.807, 2.05) is 0 Å². The molecule has 0 atom stereocenters. The summed E-state index contributed by atoms with van der Waals surface area (Å²) in [6.45, 7) is 1.59. The number of phenolic OH excluding ortho intramolecular Hbond substituents is 1. The zero-order chi connectivity index (χ0) is 15.6. The van der Waals surface area contributed by atoms with Gasteiger partial charge in [-0.25, -0.2) is 4.39 Å². The first-order valence-electron chi connectivity index (χ1n) is 5.93. The molecule has 0 aliphatic heterocycles. The summed E-state index contributed by atoms with van der Waals surface area (Å²) in [5.74, 6) is -1.68. The lowest BCUT2D eigenvalue weighted by Crippen LogP contribution is -2.12. The van der Waals surface area contributed by atoms with E-state index in [0.717, 1.165) is 12.1 Å². The molecule has 21 heavy (non-hydrogen) atoms. The topological polar surface area (TPSA) is 92.5 Å². The van der Waals surface area contributed by atoms with Gasteiger partial charge in [0, 0.05) is 17.3 Å². The van der Waals surface area contributed by atoms with Crippen molar-refractivity contribution in [2.24, 2.45) is 0 Å². The van der Waals surface area contributed by atoms with Crippen molar-refractivity contribution in [3.8, 4) is 5.75 Å². The quantitative estimate of drug-likeness (QED) is 0.671. The normalized spacial score (nSPS) is 10.2. The van der Waals surface area contributed by atoms with Crippen molar-refractivity contribution < 1.29 is 19.2 Å². The van der Waals surface area contributed by atoms with Crippen LogP contribution < -0.4 is 5.32 Å². The van der Waals surface area contributed by atoms with Gasteiger partial charge in [0.05, 0.1) is 4.92 Å². The largest absolute Gasteiger partial charge is 0.502 e. The molecule has 2 aromatic rings. The van der Waals surface area contributed by atoms with Gasteiger partial charge >= 0.3 is 5.69 Å². The van der Waals surface area contributed by atoms with Gasteiger partial charge in [0.25, 0.3) is 5.91 Å². The Kier molecular flexibility index (Phi) is 3.84. The highest BCUT2D eigenvalue weighted by molar-refractivity contribution is 6.04. The van der Waals surface area contributed by atoms with Crippen LogP contribution in [0, 0.1) is 22.9 Å². The number of benzene rings is 2. The van der Waals surface area contributed by atoms with E-state index in [9.17, 15) is 24.4 Å². The van der Waals surface area contributed by atoms with Gasteiger partial charge < -0.3 is 10.4 Å². The van der Waals surface area contributed by atoms with Crippen LogP contribution in [0.25, 0.3) is 0 Å². The monoisotopic (exact) mass is 290 g/mol. The van der Waals surface area contributed by atoms with Crippen LogP contribution in [0.1, 0.15) is 15.9 Å². The van der Waals surface area contributed by atoms with Gasteiger partial charge in [-0.1, -0.05) is 6.07 Å². The predicted molar refractivity (Wildman–Crippen MR) is 73.9 cm³/mol. The van der Waals surface area contributed by atoms with Crippen molar-refractivity contribution >= 4 is 17.3 Å². The van der Waals surface area contributed by atoms with Gasteiger partial charge in [-0.15, -0.1) is 0 Å². The van der Waals surface area contributed by atoms with Crippen molar-refractivity contribution in [1.82, 2.24) is 0 Å². The molecule has 2 aromatic carbocycles. The van der Waals surface area contributed by atoms with Crippen LogP contribution >= 0.6 is 0 Å². The van der Waals surface area contributed by atoms with E-state index < -0.39 is 28.1 Å². The van der Waals surface area contributed by atoms with Crippen molar-refractivity contribution in [3.05, 3.63) is 63.5 Å². The Labute approximate surface area is 119 Å². The number of carbonyl (C=O) groups is 1. The van der Waals surface area contributed by atoms with E-state index >= 15 is 0 Å². The lowest BCUT2D eigenvalue weighted by atomic mass is 10.1. The predicted octanol–water partition coefficient (Wildman–Crippen LogP) is 3.00. The molecule has 0 bridgehead atoms. The Hall–Kier alpha value is -2.96. The molecule has 0 saturated carbocycles. The molecule has 2 N–H and O–H groups in total. The van der Waals surface area contributed by atoms with Crippen LogP contribution in [0.15, 0.2) is 36.4 Å². The maximum atomic E-state index is 13.4. The number of anilines is 1. The smallest absolute Gasteiger partial charge is 0.310 e. The second-order valence-corrected chi connectivity index (χ2v) is 4.38. The molecule has 0 spiro atoms. The Balaban J connectivity index is 2.22. The van der Waals surface area contributed by atoms with E-state index in [-0.39, 0.29) is 11.3 Å². The van der Waals surface area contributed by atoms with E-state index in [4.69, 9.17) is 0 Å². The molecular weight excluding hydrogens is 279 g/mol. The Bertz CT molecular complexity index is 731. The average Bonchev–Trinajstić information content (AvgIpc) is 2.42. The van der Waals surface area contributed by atoms with Gasteiger partial charge in [-0.3, -0.25) is 14.9 Å². The first kappa shape index (κ1) is 14.4. The molecule has 0 aliphatic carbocycles. The molecule has 2 rings (SSSR count). The van der Waals surface area contributed by atoms with Crippen molar-refractivity contribution in [3.63, 3.8) is 0 Å². The summed E-state index contributed by atoms with van der Waals surface area (Å²) in [5, 5.41) is 22.5. The van der Waals surface area contributed by atoms with E-state index in [2.05, 4.69) is 5.32 Å². The standard InChI is InChI=1S/C14H11FN2O4/c1-8-2-4-10(7-11(8)15)16-14(19)9-3-5-12(17(20)21)13(18)6-9/h2-7,18H,1H3,(H,16,19). The van der Waals surface area contributed by atoms with Gasteiger partial charge in [0.1, 0.15) is 5.82 Å². The third-order valence-corrected chi connectivity index (χ3v) is 2.86. The summed E-state index contributed by atoms with van der Waals surface area (Å²) in [5.41, 5.74) is 0.230. The summed E-state index contributed by atoms with van der Waals surface area (Å²) in [4.78, 5) is 21.7. The molecule has 108 valence electrons. The highest BCUT2D eigenvalue weighted by Gasteiger charge is 2.16. The highest BCUT2D eigenvalue weighted by atomic mass is 19.1. The first-order valence-corrected chi connectivity index (χ1v) is 5.93. The van der Waals surface area contributed by atoms with Crippen LogP contribution in [0.2, 0.25) is 0 Å². The Morgan fingerprint density at radius 2 is 2.00 bits per heavy atom. The minimum Gasteiger partial charge on any atom is -0.502 e. The Morgan fingerprint density at radius 1 is 1.29 bits per heavy atom. The highest BCUT2D eigenvalue weighted by Crippen LogP contribution is 2.26. The SMILES string of the molecule is Cc1ccc(NC(=O)c2ccc([N+](=O)[O-])c(O)c2)cc1F. The fraction of sp³-hybridized carbons (Fsp3) is 0.0714. The zero-order valence-corrected chi connectivity index (χ0v) is 11.0. The van der Waals surface area contributed by atoms with Crippen LogP contribution in [-0.2, 0) is 0 Å². The number of halogens is 1. The van der Waals surface area contributed by atoms with Crippen LogP contribution in [-0.4, -0.2) is 15.9 Å². The number of hydrogen-bond donors (Lipinski definition) is 2. The van der Waals surface area contributed by atoms with Crippen LogP contribution in [0.4, 0.5) is 15.8 Å². The third kappa shape index (κ3) is 3.14. The van der Waals surface area contributed by atoms with Crippen molar-refractivity contribution in [1.29, 1.82) is 0 Å². The minimum absolute atomic E-state index is 0.0269. The summed E-state index contributed by atoms with van der Waals surface area (Å²) >= 11 is 0. The fourth-order valence-corrected chi connectivity index (χ4v) is 1.69. The van der Waals surface area contributed by atoms with Gasteiger partial charge in [-0.2, -0.15) is 0 Å². The molecule has 0 saturated heterocycles. The van der Waals surface area contributed by atoms with E-state index in [0.29, 0.717) is 5.56 Å².